The summed E-state index contributed by atoms with van der Waals surface area (Å²) in [4.78, 5) is 0. The van der Waals surface area contributed by atoms with Crippen LogP contribution >= 0.6 is 6.72 Å². The Bertz CT molecular complexity index is 161. The maximum Gasteiger partial charge on any atom is 0.327 e. The van der Waals surface area contributed by atoms with Crippen molar-refractivity contribution in [1.29, 1.82) is 0 Å². The van der Waals surface area contributed by atoms with Gasteiger partial charge in [-0.15, -0.1) is 0 Å². The predicted molar refractivity (Wildman–Crippen MR) is 42.4 cm³/mol. The Morgan fingerprint density at radius 3 is 2.80 bits per heavy atom. The fraction of sp³-hybridized carbons (Fsp3) is 1.00. The molecule has 0 aliphatic carbocycles. The summed E-state index contributed by atoms with van der Waals surface area (Å²) in [5.41, 5.74) is 0. The standard InChI is InChI=1S/C5H11O3PS/c1-5-3-4-7-9(10,6-2)8-5/h5H,3-4H2,1-2H3/t5-,9+/m0/s1. The predicted octanol–water partition coefficient (Wildman–Crippen LogP) is 1.68. The summed E-state index contributed by atoms with van der Waals surface area (Å²) < 4.78 is 15.4. The van der Waals surface area contributed by atoms with Crippen LogP contribution in [0, 0.1) is 0 Å². The SMILES string of the molecule is CO[P@@]1(=S)OCC[C@H](C)O1. The fourth-order valence-electron chi connectivity index (χ4n) is 0.730. The lowest BCUT2D eigenvalue weighted by atomic mass is 10.3. The van der Waals surface area contributed by atoms with Crippen molar-refractivity contribution in [3.8, 4) is 0 Å². The van der Waals surface area contributed by atoms with Gasteiger partial charge in [0.2, 0.25) is 0 Å². The van der Waals surface area contributed by atoms with Crippen LogP contribution in [0.1, 0.15) is 13.3 Å². The van der Waals surface area contributed by atoms with E-state index in [-0.39, 0.29) is 6.10 Å². The topological polar surface area (TPSA) is 27.7 Å². The van der Waals surface area contributed by atoms with Crippen LogP contribution < -0.4 is 0 Å². The van der Waals surface area contributed by atoms with Crippen LogP contribution in [0.3, 0.4) is 0 Å². The summed E-state index contributed by atoms with van der Waals surface area (Å²) in [6.45, 7) is 0.317. The molecule has 1 aliphatic heterocycles. The molecular formula is C5H11O3PS. The van der Waals surface area contributed by atoms with Gasteiger partial charge in [-0.1, -0.05) is 0 Å². The second-order valence-electron chi connectivity index (χ2n) is 2.17. The summed E-state index contributed by atoms with van der Waals surface area (Å²) in [5, 5.41) is 0. The zero-order chi connectivity index (χ0) is 7.61. The molecule has 0 aromatic carbocycles. The minimum absolute atomic E-state index is 0.180. The molecule has 0 spiro atoms. The van der Waals surface area contributed by atoms with E-state index in [1.54, 1.807) is 0 Å². The molecule has 0 unspecified atom stereocenters. The average molecular weight is 182 g/mol. The molecule has 0 saturated carbocycles. The highest BCUT2D eigenvalue weighted by atomic mass is 32.5. The molecule has 1 aliphatic rings. The van der Waals surface area contributed by atoms with Gasteiger partial charge in [-0.2, -0.15) is 0 Å². The lowest BCUT2D eigenvalue weighted by Crippen LogP contribution is -2.17. The minimum atomic E-state index is -2.32. The van der Waals surface area contributed by atoms with E-state index in [1.807, 2.05) is 6.92 Å². The van der Waals surface area contributed by atoms with Crippen molar-refractivity contribution >= 4 is 18.5 Å². The molecular weight excluding hydrogens is 171 g/mol. The first-order valence-electron chi connectivity index (χ1n) is 3.15. The van der Waals surface area contributed by atoms with Crippen molar-refractivity contribution in [2.75, 3.05) is 13.7 Å². The maximum absolute atomic E-state index is 5.30. The molecule has 0 radical (unpaired) electrons. The first-order valence-corrected chi connectivity index (χ1v) is 5.70. The van der Waals surface area contributed by atoms with Gasteiger partial charge in [-0.3, -0.25) is 0 Å². The maximum atomic E-state index is 5.30. The molecule has 0 N–H and O–H groups in total. The molecule has 1 fully saturated rings. The Balaban J connectivity index is 2.54. The molecule has 0 bridgehead atoms. The summed E-state index contributed by atoms with van der Waals surface area (Å²) in [6, 6.07) is 0. The zero-order valence-corrected chi connectivity index (χ0v) is 7.78. The second kappa shape index (κ2) is 3.28. The Hall–Kier alpha value is 0.530. The molecule has 3 nitrogen and oxygen atoms in total. The molecule has 2 atom stereocenters. The highest BCUT2D eigenvalue weighted by molar-refractivity contribution is 8.07. The van der Waals surface area contributed by atoms with Crippen LogP contribution in [0.2, 0.25) is 0 Å². The van der Waals surface area contributed by atoms with E-state index >= 15 is 0 Å². The van der Waals surface area contributed by atoms with E-state index in [4.69, 9.17) is 25.4 Å². The van der Waals surface area contributed by atoms with Crippen LogP contribution in [-0.4, -0.2) is 19.8 Å². The molecule has 1 rings (SSSR count). The highest BCUT2D eigenvalue weighted by Crippen LogP contribution is 2.52. The van der Waals surface area contributed by atoms with Crippen LogP contribution in [0.4, 0.5) is 0 Å². The van der Waals surface area contributed by atoms with E-state index in [2.05, 4.69) is 0 Å². The van der Waals surface area contributed by atoms with E-state index in [0.29, 0.717) is 6.61 Å². The lowest BCUT2D eigenvalue weighted by molar-refractivity contribution is 0.0780. The molecule has 0 aromatic rings. The fourth-order valence-corrected chi connectivity index (χ4v) is 2.52. The smallest absolute Gasteiger partial charge is 0.312 e. The van der Waals surface area contributed by atoms with Crippen molar-refractivity contribution in [2.24, 2.45) is 0 Å². The number of hydrogen-bond acceptors (Lipinski definition) is 4. The zero-order valence-electron chi connectivity index (χ0n) is 6.07. The van der Waals surface area contributed by atoms with Crippen molar-refractivity contribution in [2.45, 2.75) is 19.4 Å². The molecule has 1 heterocycles. The summed E-state index contributed by atoms with van der Waals surface area (Å²) in [5.74, 6) is 0. The normalized spacial score (nSPS) is 41.6. The Morgan fingerprint density at radius 1 is 1.70 bits per heavy atom. The van der Waals surface area contributed by atoms with Crippen molar-refractivity contribution in [1.82, 2.24) is 0 Å². The Kier molecular flexibility index (Phi) is 2.83. The van der Waals surface area contributed by atoms with Crippen molar-refractivity contribution < 1.29 is 13.6 Å². The molecule has 10 heavy (non-hydrogen) atoms. The third-order valence-electron chi connectivity index (χ3n) is 1.31. The Morgan fingerprint density at radius 2 is 2.40 bits per heavy atom. The largest absolute Gasteiger partial charge is 0.327 e. The monoisotopic (exact) mass is 182 g/mol. The van der Waals surface area contributed by atoms with E-state index < -0.39 is 6.72 Å². The van der Waals surface area contributed by atoms with Gasteiger partial charge in [0, 0.05) is 7.11 Å². The van der Waals surface area contributed by atoms with E-state index in [0.717, 1.165) is 6.42 Å². The first kappa shape index (κ1) is 8.62. The van der Waals surface area contributed by atoms with E-state index in [9.17, 15) is 0 Å². The summed E-state index contributed by atoms with van der Waals surface area (Å²) in [6.07, 6.45) is 1.08. The average Bonchev–Trinajstić information content (AvgIpc) is 1.88. The first-order chi connectivity index (χ1) is 4.66. The van der Waals surface area contributed by atoms with Crippen LogP contribution in [-0.2, 0) is 25.4 Å². The minimum Gasteiger partial charge on any atom is -0.312 e. The molecule has 60 valence electrons. The van der Waals surface area contributed by atoms with Crippen LogP contribution in [0.15, 0.2) is 0 Å². The molecule has 1 saturated heterocycles. The van der Waals surface area contributed by atoms with Crippen LogP contribution in [0.5, 0.6) is 0 Å². The summed E-state index contributed by atoms with van der Waals surface area (Å²) >= 11 is 4.98. The van der Waals surface area contributed by atoms with Gasteiger partial charge in [0.05, 0.1) is 12.7 Å². The van der Waals surface area contributed by atoms with Gasteiger partial charge in [0.15, 0.2) is 0 Å². The van der Waals surface area contributed by atoms with Crippen LogP contribution in [0.25, 0.3) is 0 Å². The van der Waals surface area contributed by atoms with Crippen molar-refractivity contribution in [3.63, 3.8) is 0 Å². The molecule has 5 heteroatoms. The van der Waals surface area contributed by atoms with Gasteiger partial charge in [-0.25, -0.2) is 0 Å². The van der Waals surface area contributed by atoms with Gasteiger partial charge < -0.3 is 13.6 Å². The van der Waals surface area contributed by atoms with Gasteiger partial charge in [-0.05, 0) is 25.2 Å². The van der Waals surface area contributed by atoms with Crippen molar-refractivity contribution in [3.05, 3.63) is 0 Å². The van der Waals surface area contributed by atoms with Gasteiger partial charge >= 0.3 is 6.72 Å². The van der Waals surface area contributed by atoms with Gasteiger partial charge in [0.1, 0.15) is 0 Å². The second-order valence-corrected chi connectivity index (χ2v) is 5.24. The Labute approximate surface area is 65.9 Å². The molecule has 0 aromatic heterocycles. The number of hydrogen-bond donors (Lipinski definition) is 0. The summed E-state index contributed by atoms with van der Waals surface area (Å²) in [7, 11) is 1.53. The number of rotatable bonds is 1. The third-order valence-corrected chi connectivity index (χ3v) is 3.89. The lowest BCUT2D eigenvalue weighted by Gasteiger charge is -2.28. The van der Waals surface area contributed by atoms with Gasteiger partial charge in [0.25, 0.3) is 0 Å². The quantitative estimate of drug-likeness (QED) is 0.577. The molecule has 0 amide bonds. The highest BCUT2D eigenvalue weighted by Gasteiger charge is 2.26. The van der Waals surface area contributed by atoms with E-state index in [1.165, 1.54) is 7.11 Å². The third kappa shape index (κ3) is 2.01.